The van der Waals surface area contributed by atoms with Crippen molar-refractivity contribution in [3.05, 3.63) is 17.7 Å². The summed E-state index contributed by atoms with van der Waals surface area (Å²) in [5.41, 5.74) is 0.882. The van der Waals surface area contributed by atoms with Crippen molar-refractivity contribution in [2.24, 2.45) is 0 Å². The smallest absolute Gasteiger partial charge is 0.226 e. The van der Waals surface area contributed by atoms with E-state index in [0.717, 1.165) is 31.5 Å². The minimum absolute atomic E-state index is 0.168. The summed E-state index contributed by atoms with van der Waals surface area (Å²) in [5.74, 6) is 1.90. The number of carbonyl (C=O) groups is 1. The largest absolute Gasteiger partial charge is 0.493 e. The molecule has 0 radical (unpaired) electrons. The summed E-state index contributed by atoms with van der Waals surface area (Å²) in [6.07, 6.45) is 6.52. The van der Waals surface area contributed by atoms with E-state index in [1.165, 1.54) is 32.4 Å². The van der Waals surface area contributed by atoms with Crippen LogP contribution < -0.4 is 14.2 Å². The van der Waals surface area contributed by atoms with Crippen LogP contribution in [0.4, 0.5) is 0 Å². The van der Waals surface area contributed by atoms with Gasteiger partial charge >= 0.3 is 0 Å². The molecule has 150 valence electrons. The maximum Gasteiger partial charge on any atom is 0.226 e. The van der Waals surface area contributed by atoms with Gasteiger partial charge in [-0.15, -0.1) is 0 Å². The molecule has 2 saturated heterocycles. The van der Waals surface area contributed by atoms with Crippen LogP contribution in [0.1, 0.15) is 37.7 Å². The molecule has 2 aliphatic heterocycles. The molecule has 0 spiro atoms. The molecular weight excluding hydrogens is 344 g/mol. The third-order valence-corrected chi connectivity index (χ3v) is 5.80. The second-order valence-corrected chi connectivity index (χ2v) is 7.42. The number of methoxy groups -OCH3 is 3. The Morgan fingerprint density at radius 2 is 1.52 bits per heavy atom. The first kappa shape index (κ1) is 19.8. The first-order chi connectivity index (χ1) is 13.2. The molecule has 0 atom stereocenters. The number of hydrogen-bond donors (Lipinski definition) is 0. The average Bonchev–Trinajstić information content (AvgIpc) is 2.73. The molecule has 6 heteroatoms. The van der Waals surface area contributed by atoms with Gasteiger partial charge in [0.15, 0.2) is 11.5 Å². The van der Waals surface area contributed by atoms with E-state index in [4.69, 9.17) is 14.2 Å². The molecule has 3 rings (SSSR count). The van der Waals surface area contributed by atoms with Gasteiger partial charge in [0.2, 0.25) is 11.7 Å². The van der Waals surface area contributed by atoms with E-state index < -0.39 is 0 Å². The number of rotatable bonds is 6. The van der Waals surface area contributed by atoms with Gasteiger partial charge in [-0.2, -0.15) is 0 Å². The summed E-state index contributed by atoms with van der Waals surface area (Å²) in [7, 11) is 4.76. The van der Waals surface area contributed by atoms with Gasteiger partial charge in [-0.1, -0.05) is 6.42 Å². The highest BCUT2D eigenvalue weighted by Gasteiger charge is 2.27. The zero-order chi connectivity index (χ0) is 19.2. The maximum atomic E-state index is 12.8. The van der Waals surface area contributed by atoms with Crippen molar-refractivity contribution in [3.63, 3.8) is 0 Å². The first-order valence-corrected chi connectivity index (χ1v) is 9.97. The summed E-state index contributed by atoms with van der Waals surface area (Å²) in [6.45, 7) is 4.16. The zero-order valence-corrected chi connectivity index (χ0v) is 16.8. The van der Waals surface area contributed by atoms with E-state index in [1.807, 2.05) is 17.0 Å². The Labute approximate surface area is 162 Å². The lowest BCUT2D eigenvalue weighted by molar-refractivity contribution is -0.132. The summed E-state index contributed by atoms with van der Waals surface area (Å²) in [4.78, 5) is 17.4. The third kappa shape index (κ3) is 4.67. The second kappa shape index (κ2) is 9.31. The fraction of sp³-hybridized carbons (Fsp3) is 0.667. The molecule has 2 fully saturated rings. The number of nitrogens with zero attached hydrogens (tertiary/aromatic N) is 2. The van der Waals surface area contributed by atoms with E-state index in [9.17, 15) is 4.79 Å². The van der Waals surface area contributed by atoms with Crippen molar-refractivity contribution < 1.29 is 19.0 Å². The molecule has 27 heavy (non-hydrogen) atoms. The van der Waals surface area contributed by atoms with Gasteiger partial charge in [-0.05, 0) is 56.5 Å². The number of hydrogen-bond acceptors (Lipinski definition) is 5. The van der Waals surface area contributed by atoms with Gasteiger partial charge in [0.1, 0.15) is 0 Å². The highest BCUT2D eigenvalue weighted by Crippen LogP contribution is 2.38. The fourth-order valence-electron chi connectivity index (χ4n) is 4.29. The summed E-state index contributed by atoms with van der Waals surface area (Å²) in [6, 6.07) is 4.37. The lowest BCUT2D eigenvalue weighted by Gasteiger charge is -2.40. The average molecular weight is 376 g/mol. The van der Waals surface area contributed by atoms with Crippen molar-refractivity contribution in [3.8, 4) is 17.2 Å². The van der Waals surface area contributed by atoms with E-state index in [2.05, 4.69) is 4.90 Å². The molecule has 0 unspecified atom stereocenters. The van der Waals surface area contributed by atoms with Crippen molar-refractivity contribution >= 4 is 5.91 Å². The standard InChI is InChI=1S/C21H32N2O4/c1-25-18-13-16(14-19(26-2)21(18)27-3)15-20(24)23-11-7-17(8-12-23)22-9-5-4-6-10-22/h13-14,17H,4-12,15H2,1-3H3. The maximum absolute atomic E-state index is 12.8. The Hall–Kier alpha value is -1.95. The number of benzene rings is 1. The highest BCUT2D eigenvalue weighted by molar-refractivity contribution is 5.79. The predicted octanol–water partition coefficient (Wildman–Crippen LogP) is 2.73. The molecule has 6 nitrogen and oxygen atoms in total. The van der Waals surface area contributed by atoms with E-state index in [-0.39, 0.29) is 5.91 Å². The zero-order valence-electron chi connectivity index (χ0n) is 16.8. The van der Waals surface area contributed by atoms with Crippen LogP contribution in [0.25, 0.3) is 0 Å². The summed E-state index contributed by atoms with van der Waals surface area (Å²) >= 11 is 0. The lowest BCUT2D eigenvalue weighted by Crippen LogP contribution is -2.48. The van der Waals surface area contributed by atoms with Crippen LogP contribution in [-0.2, 0) is 11.2 Å². The molecule has 1 aromatic carbocycles. The molecular formula is C21H32N2O4. The minimum atomic E-state index is 0.168. The third-order valence-electron chi connectivity index (χ3n) is 5.80. The van der Waals surface area contributed by atoms with Gasteiger partial charge in [-0.25, -0.2) is 0 Å². The Morgan fingerprint density at radius 3 is 2.04 bits per heavy atom. The number of carbonyl (C=O) groups excluding carboxylic acids is 1. The van der Waals surface area contributed by atoms with Crippen LogP contribution >= 0.6 is 0 Å². The fourth-order valence-corrected chi connectivity index (χ4v) is 4.29. The van der Waals surface area contributed by atoms with Gasteiger partial charge in [0.05, 0.1) is 27.8 Å². The molecule has 2 heterocycles. The Morgan fingerprint density at radius 1 is 0.926 bits per heavy atom. The van der Waals surface area contributed by atoms with Crippen LogP contribution in [0.2, 0.25) is 0 Å². The minimum Gasteiger partial charge on any atom is -0.493 e. The molecule has 2 aliphatic rings. The highest BCUT2D eigenvalue weighted by atomic mass is 16.5. The van der Waals surface area contributed by atoms with Gasteiger partial charge < -0.3 is 24.0 Å². The number of piperidine rings is 2. The summed E-state index contributed by atoms with van der Waals surface area (Å²) < 4.78 is 16.1. The lowest BCUT2D eigenvalue weighted by atomic mass is 9.99. The van der Waals surface area contributed by atoms with Crippen LogP contribution in [-0.4, -0.2) is 69.3 Å². The van der Waals surface area contributed by atoms with E-state index in [0.29, 0.717) is 29.7 Å². The topological polar surface area (TPSA) is 51.2 Å². The molecule has 0 bridgehead atoms. The first-order valence-electron chi connectivity index (χ1n) is 9.97. The molecule has 0 aliphatic carbocycles. The normalized spacial score (nSPS) is 19.0. The van der Waals surface area contributed by atoms with Crippen molar-refractivity contribution in [1.29, 1.82) is 0 Å². The number of amides is 1. The Bertz CT molecular complexity index is 610. The summed E-state index contributed by atoms with van der Waals surface area (Å²) in [5, 5.41) is 0. The van der Waals surface area contributed by atoms with E-state index in [1.54, 1.807) is 21.3 Å². The number of likely N-dealkylation sites (tertiary alicyclic amines) is 2. The predicted molar refractivity (Wildman–Crippen MR) is 105 cm³/mol. The van der Waals surface area contributed by atoms with Crippen molar-refractivity contribution in [2.75, 3.05) is 47.5 Å². The van der Waals surface area contributed by atoms with Crippen LogP contribution in [0, 0.1) is 0 Å². The van der Waals surface area contributed by atoms with Crippen molar-refractivity contribution in [2.45, 2.75) is 44.6 Å². The quantitative estimate of drug-likeness (QED) is 0.764. The second-order valence-electron chi connectivity index (χ2n) is 7.42. The molecule has 1 aromatic rings. The Balaban J connectivity index is 1.59. The SMILES string of the molecule is COc1cc(CC(=O)N2CCC(N3CCCCC3)CC2)cc(OC)c1OC. The van der Waals surface area contributed by atoms with Crippen LogP contribution in [0.3, 0.4) is 0 Å². The van der Waals surface area contributed by atoms with Crippen LogP contribution in [0.15, 0.2) is 12.1 Å². The van der Waals surface area contributed by atoms with Gasteiger partial charge in [0.25, 0.3) is 0 Å². The monoisotopic (exact) mass is 376 g/mol. The molecule has 0 N–H and O–H groups in total. The number of ether oxygens (including phenoxy) is 3. The molecule has 0 aromatic heterocycles. The van der Waals surface area contributed by atoms with Crippen LogP contribution in [0.5, 0.6) is 17.2 Å². The van der Waals surface area contributed by atoms with Gasteiger partial charge in [-0.3, -0.25) is 4.79 Å². The van der Waals surface area contributed by atoms with E-state index >= 15 is 0 Å². The molecule has 1 amide bonds. The molecule has 0 saturated carbocycles. The van der Waals surface area contributed by atoms with Gasteiger partial charge in [0, 0.05) is 19.1 Å². The van der Waals surface area contributed by atoms with Crippen molar-refractivity contribution in [1.82, 2.24) is 9.80 Å². The Kier molecular flexibility index (Phi) is 6.83.